The molecule has 1 aliphatic heterocycles. The van der Waals surface area contributed by atoms with Crippen LogP contribution in [0.15, 0.2) is 47.1 Å². The maximum absolute atomic E-state index is 12.3. The van der Waals surface area contributed by atoms with Gasteiger partial charge in [0.25, 0.3) is 0 Å². The first-order chi connectivity index (χ1) is 11.1. The van der Waals surface area contributed by atoms with Crippen molar-refractivity contribution in [3.63, 3.8) is 0 Å². The van der Waals surface area contributed by atoms with Gasteiger partial charge in [-0.15, -0.1) is 0 Å². The topological polar surface area (TPSA) is 50.5 Å². The van der Waals surface area contributed by atoms with Gasteiger partial charge in [0, 0.05) is 37.4 Å². The van der Waals surface area contributed by atoms with Crippen LogP contribution in [0.3, 0.4) is 0 Å². The molecule has 0 N–H and O–H groups in total. The van der Waals surface area contributed by atoms with E-state index >= 15 is 0 Å². The second-order valence-corrected chi connectivity index (χ2v) is 6.15. The minimum absolute atomic E-state index is 0.0134. The molecule has 0 radical (unpaired) electrons. The molecule has 1 unspecified atom stereocenters. The Balaban J connectivity index is 1.52. The van der Waals surface area contributed by atoms with E-state index < -0.39 is 0 Å². The summed E-state index contributed by atoms with van der Waals surface area (Å²) in [6.45, 7) is 1.37. The van der Waals surface area contributed by atoms with Crippen LogP contribution >= 0.6 is 11.6 Å². The first kappa shape index (κ1) is 15.8. The molecule has 1 fully saturated rings. The van der Waals surface area contributed by atoms with Crippen LogP contribution in [-0.4, -0.2) is 29.7 Å². The van der Waals surface area contributed by atoms with Gasteiger partial charge in [-0.05, 0) is 30.7 Å². The Bertz CT molecular complexity index is 696. The number of Topliss-reactive ketones (excluding diaryl/α,β-unsaturated/α-hetero) is 1. The molecular formula is C18H18ClNO3. The SMILES string of the molecule is O=C(CCC(=O)N1CCC(c2ccco2)C1)c1ccccc1Cl. The Kier molecular flexibility index (Phi) is 4.82. The summed E-state index contributed by atoms with van der Waals surface area (Å²) in [5, 5.41) is 0.434. The molecule has 1 saturated heterocycles. The Hall–Kier alpha value is -2.07. The third-order valence-electron chi connectivity index (χ3n) is 4.23. The summed E-state index contributed by atoms with van der Waals surface area (Å²) in [6.07, 6.45) is 2.96. The van der Waals surface area contributed by atoms with Crippen molar-refractivity contribution in [2.24, 2.45) is 0 Å². The summed E-state index contributed by atoms with van der Waals surface area (Å²) >= 11 is 6.01. The van der Waals surface area contributed by atoms with Gasteiger partial charge in [0.15, 0.2) is 5.78 Å². The minimum atomic E-state index is -0.0919. The van der Waals surface area contributed by atoms with Crippen molar-refractivity contribution in [3.8, 4) is 0 Å². The first-order valence-corrected chi connectivity index (χ1v) is 8.12. The molecule has 1 amide bonds. The van der Waals surface area contributed by atoms with Crippen molar-refractivity contribution in [1.82, 2.24) is 4.90 Å². The molecule has 120 valence electrons. The predicted molar refractivity (Wildman–Crippen MR) is 87.7 cm³/mol. The molecule has 0 aliphatic carbocycles. The van der Waals surface area contributed by atoms with E-state index in [9.17, 15) is 9.59 Å². The molecule has 1 aromatic carbocycles. The Morgan fingerprint density at radius 3 is 2.74 bits per heavy atom. The fourth-order valence-electron chi connectivity index (χ4n) is 2.94. The molecule has 1 aliphatic rings. The summed E-state index contributed by atoms with van der Waals surface area (Å²) in [5.41, 5.74) is 0.483. The van der Waals surface area contributed by atoms with E-state index in [1.165, 1.54) is 0 Å². The fourth-order valence-corrected chi connectivity index (χ4v) is 3.18. The molecule has 5 heteroatoms. The number of rotatable bonds is 5. The van der Waals surface area contributed by atoms with E-state index in [0.29, 0.717) is 23.7 Å². The van der Waals surface area contributed by atoms with Gasteiger partial charge in [-0.2, -0.15) is 0 Å². The number of likely N-dealkylation sites (tertiary alicyclic amines) is 1. The summed E-state index contributed by atoms with van der Waals surface area (Å²) in [5.74, 6) is 1.10. The van der Waals surface area contributed by atoms with E-state index in [-0.39, 0.29) is 30.4 Å². The number of carbonyl (C=O) groups is 2. The molecule has 1 atom stereocenters. The van der Waals surface area contributed by atoms with Crippen molar-refractivity contribution in [2.45, 2.75) is 25.2 Å². The van der Waals surface area contributed by atoms with Gasteiger partial charge in [-0.1, -0.05) is 23.7 Å². The molecule has 1 aromatic heterocycles. The molecule has 3 rings (SSSR count). The lowest BCUT2D eigenvalue weighted by Gasteiger charge is -2.16. The van der Waals surface area contributed by atoms with Crippen LogP contribution in [0.1, 0.15) is 41.3 Å². The number of carbonyl (C=O) groups excluding carboxylic acids is 2. The summed E-state index contributed by atoms with van der Waals surface area (Å²) in [6, 6.07) is 10.7. The van der Waals surface area contributed by atoms with E-state index in [1.807, 2.05) is 17.0 Å². The second kappa shape index (κ2) is 7.01. The van der Waals surface area contributed by atoms with Crippen LogP contribution in [-0.2, 0) is 4.79 Å². The number of amides is 1. The lowest BCUT2D eigenvalue weighted by molar-refractivity contribution is -0.130. The minimum Gasteiger partial charge on any atom is -0.469 e. The highest BCUT2D eigenvalue weighted by Gasteiger charge is 2.28. The summed E-state index contributed by atoms with van der Waals surface area (Å²) < 4.78 is 5.41. The van der Waals surface area contributed by atoms with Gasteiger partial charge in [0.05, 0.1) is 11.3 Å². The summed E-state index contributed by atoms with van der Waals surface area (Å²) in [4.78, 5) is 26.3. The van der Waals surface area contributed by atoms with Gasteiger partial charge in [0.2, 0.25) is 5.91 Å². The molecular weight excluding hydrogens is 314 g/mol. The maximum Gasteiger partial charge on any atom is 0.223 e. The van der Waals surface area contributed by atoms with E-state index in [0.717, 1.165) is 12.2 Å². The average molecular weight is 332 g/mol. The van der Waals surface area contributed by atoms with Crippen LogP contribution in [0.25, 0.3) is 0 Å². The predicted octanol–water partition coefficient (Wildman–Crippen LogP) is 3.91. The number of halogens is 1. The zero-order chi connectivity index (χ0) is 16.2. The van der Waals surface area contributed by atoms with E-state index in [1.54, 1.807) is 30.5 Å². The molecule has 2 aromatic rings. The largest absolute Gasteiger partial charge is 0.469 e. The number of hydrogen-bond donors (Lipinski definition) is 0. The quantitative estimate of drug-likeness (QED) is 0.780. The van der Waals surface area contributed by atoms with E-state index in [4.69, 9.17) is 16.0 Å². The number of furan rings is 1. The van der Waals surface area contributed by atoms with Gasteiger partial charge >= 0.3 is 0 Å². The van der Waals surface area contributed by atoms with Crippen molar-refractivity contribution in [2.75, 3.05) is 13.1 Å². The van der Waals surface area contributed by atoms with Crippen LogP contribution < -0.4 is 0 Å². The van der Waals surface area contributed by atoms with Crippen molar-refractivity contribution in [3.05, 3.63) is 59.0 Å². The Labute approximate surface area is 140 Å². The Morgan fingerprint density at radius 2 is 2.00 bits per heavy atom. The van der Waals surface area contributed by atoms with Crippen LogP contribution in [0.4, 0.5) is 0 Å². The highest BCUT2D eigenvalue weighted by Crippen LogP contribution is 2.28. The maximum atomic E-state index is 12.3. The van der Waals surface area contributed by atoms with Crippen molar-refractivity contribution < 1.29 is 14.0 Å². The molecule has 23 heavy (non-hydrogen) atoms. The third kappa shape index (κ3) is 3.64. The highest BCUT2D eigenvalue weighted by atomic mass is 35.5. The molecule has 0 saturated carbocycles. The molecule has 4 nitrogen and oxygen atoms in total. The fraction of sp³-hybridized carbons (Fsp3) is 0.333. The highest BCUT2D eigenvalue weighted by molar-refractivity contribution is 6.34. The van der Waals surface area contributed by atoms with Gasteiger partial charge in [-0.25, -0.2) is 0 Å². The zero-order valence-electron chi connectivity index (χ0n) is 12.7. The van der Waals surface area contributed by atoms with Crippen molar-refractivity contribution >= 4 is 23.3 Å². The first-order valence-electron chi connectivity index (χ1n) is 7.74. The summed E-state index contributed by atoms with van der Waals surface area (Å²) in [7, 11) is 0. The number of ketones is 1. The smallest absolute Gasteiger partial charge is 0.223 e. The van der Waals surface area contributed by atoms with Gasteiger partial charge in [-0.3, -0.25) is 9.59 Å². The molecule has 0 spiro atoms. The lowest BCUT2D eigenvalue weighted by atomic mass is 10.1. The monoisotopic (exact) mass is 331 g/mol. The van der Waals surface area contributed by atoms with Gasteiger partial charge < -0.3 is 9.32 Å². The van der Waals surface area contributed by atoms with Crippen LogP contribution in [0.5, 0.6) is 0 Å². The number of nitrogens with zero attached hydrogens (tertiary/aromatic N) is 1. The van der Waals surface area contributed by atoms with E-state index in [2.05, 4.69) is 0 Å². The number of hydrogen-bond acceptors (Lipinski definition) is 3. The van der Waals surface area contributed by atoms with Crippen LogP contribution in [0, 0.1) is 0 Å². The number of benzene rings is 1. The second-order valence-electron chi connectivity index (χ2n) is 5.74. The van der Waals surface area contributed by atoms with Crippen LogP contribution in [0.2, 0.25) is 5.02 Å². The zero-order valence-corrected chi connectivity index (χ0v) is 13.5. The standard InChI is InChI=1S/C18H18ClNO3/c19-15-5-2-1-4-14(15)16(21)7-8-18(22)20-10-9-13(12-20)17-6-3-11-23-17/h1-6,11,13H,7-10,12H2. The van der Waals surface area contributed by atoms with Gasteiger partial charge in [0.1, 0.15) is 5.76 Å². The molecule has 0 bridgehead atoms. The average Bonchev–Trinajstić information content (AvgIpc) is 3.23. The third-order valence-corrected chi connectivity index (χ3v) is 4.56. The molecule has 2 heterocycles. The van der Waals surface area contributed by atoms with Crippen molar-refractivity contribution in [1.29, 1.82) is 0 Å². The lowest BCUT2D eigenvalue weighted by Crippen LogP contribution is -2.28. The Morgan fingerprint density at radius 1 is 1.17 bits per heavy atom. The normalized spacial score (nSPS) is 17.4.